The normalized spacial score (nSPS) is 10.9. The van der Waals surface area contributed by atoms with Crippen LogP contribution < -0.4 is 16.4 Å². The van der Waals surface area contributed by atoms with Crippen molar-refractivity contribution in [2.24, 2.45) is 0 Å². The average Bonchev–Trinajstić information content (AvgIpc) is 2.78. The van der Waals surface area contributed by atoms with Crippen molar-refractivity contribution in [1.29, 1.82) is 0 Å². The molecule has 156 valence electrons. The Balaban J connectivity index is 1.33. The minimum Gasteiger partial charge on any atom is -0.298 e. The van der Waals surface area contributed by atoms with E-state index in [9.17, 15) is 14.4 Å². The van der Waals surface area contributed by atoms with Gasteiger partial charge in [-0.3, -0.25) is 29.8 Å². The number of hydrogen-bond donors (Lipinski definition) is 2. The molecule has 0 aliphatic rings. The summed E-state index contributed by atoms with van der Waals surface area (Å²) in [6, 6.07) is 19.0. The van der Waals surface area contributed by atoms with Crippen LogP contribution in [-0.2, 0) is 22.6 Å². The van der Waals surface area contributed by atoms with Gasteiger partial charge in [0.2, 0.25) is 11.8 Å². The zero-order chi connectivity index (χ0) is 21.8. The molecule has 2 amide bonds. The van der Waals surface area contributed by atoms with Crippen molar-refractivity contribution < 1.29 is 9.59 Å². The van der Waals surface area contributed by atoms with Crippen LogP contribution in [0, 0.1) is 6.92 Å². The highest BCUT2D eigenvalue weighted by Gasteiger charge is 2.10. The van der Waals surface area contributed by atoms with Gasteiger partial charge in [0.05, 0.1) is 23.7 Å². The quantitative estimate of drug-likeness (QED) is 0.491. The number of para-hydroxylation sites is 1. The summed E-state index contributed by atoms with van der Waals surface area (Å²) in [6.45, 7) is 2.06. The molecule has 4 aromatic rings. The topological polar surface area (TPSA) is 93.1 Å². The van der Waals surface area contributed by atoms with Crippen LogP contribution in [0.1, 0.15) is 17.5 Å². The Kier molecular flexibility index (Phi) is 5.75. The first kappa shape index (κ1) is 20.3. The van der Waals surface area contributed by atoms with E-state index in [0.29, 0.717) is 10.9 Å². The number of nitrogens with zero attached hydrogens (tertiary/aromatic N) is 2. The molecule has 0 fully saturated rings. The molecule has 1 heterocycles. The highest BCUT2D eigenvalue weighted by Crippen LogP contribution is 2.18. The van der Waals surface area contributed by atoms with E-state index in [1.165, 1.54) is 10.9 Å². The smallest absolute Gasteiger partial charge is 0.261 e. The number of hydrogen-bond acceptors (Lipinski definition) is 4. The maximum atomic E-state index is 12.6. The van der Waals surface area contributed by atoms with Gasteiger partial charge in [-0.25, -0.2) is 4.98 Å². The van der Waals surface area contributed by atoms with Gasteiger partial charge in [0.15, 0.2) is 0 Å². The van der Waals surface area contributed by atoms with E-state index in [0.717, 1.165) is 21.9 Å². The standard InChI is InChI=1S/C24H22N4O3/c1-16-6-4-11-20-23(16)25-15-28(24(20)31)13-12-21(29)26-27-22(30)14-18-9-5-8-17-7-2-3-10-19(17)18/h2-11,15H,12-14H2,1H3,(H,26,29)(H,27,30). The number of aromatic nitrogens is 2. The Morgan fingerprint density at radius 1 is 0.903 bits per heavy atom. The molecule has 0 unspecified atom stereocenters. The predicted molar refractivity (Wildman–Crippen MR) is 119 cm³/mol. The van der Waals surface area contributed by atoms with E-state index in [-0.39, 0.29) is 36.8 Å². The van der Waals surface area contributed by atoms with Gasteiger partial charge in [-0.15, -0.1) is 0 Å². The summed E-state index contributed by atoms with van der Waals surface area (Å²) in [5, 5.41) is 2.58. The third-order valence-electron chi connectivity index (χ3n) is 5.21. The monoisotopic (exact) mass is 414 g/mol. The Hall–Kier alpha value is -4.00. The lowest BCUT2D eigenvalue weighted by atomic mass is 10.0. The average molecular weight is 414 g/mol. The Labute approximate surface area is 178 Å². The van der Waals surface area contributed by atoms with Crippen molar-refractivity contribution in [2.45, 2.75) is 26.3 Å². The molecular formula is C24H22N4O3. The van der Waals surface area contributed by atoms with Crippen LogP contribution in [0.5, 0.6) is 0 Å². The number of aryl methyl sites for hydroxylation is 2. The highest BCUT2D eigenvalue weighted by molar-refractivity contribution is 5.91. The number of rotatable bonds is 5. The largest absolute Gasteiger partial charge is 0.298 e. The van der Waals surface area contributed by atoms with E-state index < -0.39 is 0 Å². The minimum atomic E-state index is -0.387. The molecule has 1 aromatic heterocycles. The van der Waals surface area contributed by atoms with Crippen LogP contribution in [0.25, 0.3) is 21.7 Å². The summed E-state index contributed by atoms with van der Waals surface area (Å²) in [4.78, 5) is 41.3. The number of carbonyl (C=O) groups is 2. The second kappa shape index (κ2) is 8.79. The summed E-state index contributed by atoms with van der Waals surface area (Å²) in [7, 11) is 0. The lowest BCUT2D eigenvalue weighted by Crippen LogP contribution is -2.42. The van der Waals surface area contributed by atoms with Gasteiger partial charge in [0, 0.05) is 13.0 Å². The predicted octanol–water partition coefficient (Wildman–Crippen LogP) is 2.64. The number of amides is 2. The second-order valence-electron chi connectivity index (χ2n) is 7.38. The van der Waals surface area contributed by atoms with E-state index in [2.05, 4.69) is 15.8 Å². The van der Waals surface area contributed by atoms with E-state index in [1.54, 1.807) is 6.07 Å². The van der Waals surface area contributed by atoms with Crippen LogP contribution >= 0.6 is 0 Å². The van der Waals surface area contributed by atoms with Crippen molar-refractivity contribution in [1.82, 2.24) is 20.4 Å². The Bertz CT molecular complexity index is 1340. The first-order valence-electron chi connectivity index (χ1n) is 10.0. The van der Waals surface area contributed by atoms with Crippen LogP contribution in [0.3, 0.4) is 0 Å². The maximum absolute atomic E-state index is 12.6. The molecule has 0 saturated heterocycles. The number of nitrogens with one attached hydrogen (secondary N) is 2. The second-order valence-corrected chi connectivity index (χ2v) is 7.38. The highest BCUT2D eigenvalue weighted by atomic mass is 16.2. The molecule has 3 aromatic carbocycles. The molecule has 4 rings (SSSR count). The van der Waals surface area contributed by atoms with Crippen LogP contribution in [0.4, 0.5) is 0 Å². The number of fused-ring (bicyclic) bond motifs is 2. The van der Waals surface area contributed by atoms with Gasteiger partial charge in [-0.05, 0) is 34.9 Å². The fourth-order valence-corrected chi connectivity index (χ4v) is 3.58. The summed E-state index contributed by atoms with van der Waals surface area (Å²) >= 11 is 0. The molecule has 0 radical (unpaired) electrons. The molecule has 0 atom stereocenters. The molecule has 0 aliphatic heterocycles. The van der Waals surface area contributed by atoms with Crippen LogP contribution in [0.2, 0.25) is 0 Å². The molecule has 0 bridgehead atoms. The first-order chi connectivity index (χ1) is 15.0. The van der Waals surface area contributed by atoms with Gasteiger partial charge < -0.3 is 0 Å². The molecule has 0 spiro atoms. The lowest BCUT2D eigenvalue weighted by Gasteiger charge is -2.10. The van der Waals surface area contributed by atoms with Gasteiger partial charge in [-0.2, -0.15) is 0 Å². The fraction of sp³-hybridized carbons (Fsp3) is 0.167. The van der Waals surface area contributed by atoms with Crippen molar-refractivity contribution >= 4 is 33.5 Å². The number of hydrazine groups is 1. The van der Waals surface area contributed by atoms with Crippen molar-refractivity contribution in [3.05, 3.63) is 88.5 Å². The van der Waals surface area contributed by atoms with Gasteiger partial charge in [0.25, 0.3) is 5.56 Å². The van der Waals surface area contributed by atoms with Crippen molar-refractivity contribution in [2.75, 3.05) is 0 Å². The van der Waals surface area contributed by atoms with Gasteiger partial charge >= 0.3 is 0 Å². The third-order valence-corrected chi connectivity index (χ3v) is 5.21. The number of benzene rings is 3. The fourth-order valence-electron chi connectivity index (χ4n) is 3.58. The molecule has 31 heavy (non-hydrogen) atoms. The van der Waals surface area contributed by atoms with E-state index in [1.807, 2.05) is 61.5 Å². The van der Waals surface area contributed by atoms with Crippen molar-refractivity contribution in [3.8, 4) is 0 Å². The summed E-state index contributed by atoms with van der Waals surface area (Å²) < 4.78 is 1.40. The molecular weight excluding hydrogens is 392 g/mol. The zero-order valence-corrected chi connectivity index (χ0v) is 17.1. The summed E-state index contributed by atoms with van der Waals surface area (Å²) in [5.41, 5.74) is 7.13. The molecule has 0 saturated carbocycles. The molecule has 7 heteroatoms. The zero-order valence-electron chi connectivity index (χ0n) is 17.1. The lowest BCUT2D eigenvalue weighted by molar-refractivity contribution is -0.128. The summed E-state index contributed by atoms with van der Waals surface area (Å²) in [6.07, 6.45) is 1.63. The van der Waals surface area contributed by atoms with E-state index >= 15 is 0 Å². The Morgan fingerprint density at radius 2 is 1.61 bits per heavy atom. The molecule has 2 N–H and O–H groups in total. The Morgan fingerprint density at radius 3 is 2.48 bits per heavy atom. The first-order valence-corrected chi connectivity index (χ1v) is 10.0. The molecule has 0 aliphatic carbocycles. The number of carbonyl (C=O) groups excluding carboxylic acids is 2. The van der Waals surface area contributed by atoms with Gasteiger partial charge in [-0.1, -0.05) is 54.6 Å². The van der Waals surface area contributed by atoms with Crippen molar-refractivity contribution in [3.63, 3.8) is 0 Å². The molecule has 7 nitrogen and oxygen atoms in total. The minimum absolute atomic E-state index is 0.0352. The van der Waals surface area contributed by atoms with E-state index in [4.69, 9.17) is 0 Å². The summed E-state index contributed by atoms with van der Waals surface area (Å²) in [5.74, 6) is -0.702. The van der Waals surface area contributed by atoms with Crippen LogP contribution in [0.15, 0.2) is 71.8 Å². The maximum Gasteiger partial charge on any atom is 0.261 e. The third kappa shape index (κ3) is 4.45. The van der Waals surface area contributed by atoms with Crippen LogP contribution in [-0.4, -0.2) is 21.4 Å². The van der Waals surface area contributed by atoms with Gasteiger partial charge in [0.1, 0.15) is 0 Å². The SMILES string of the molecule is Cc1cccc2c(=O)n(CCC(=O)NNC(=O)Cc3cccc4ccccc34)cnc12.